The number of carboxylic acids is 1. The van der Waals surface area contributed by atoms with Crippen molar-refractivity contribution in [2.45, 2.75) is 25.3 Å². The van der Waals surface area contributed by atoms with Crippen molar-refractivity contribution in [3.8, 4) is 0 Å². The third-order valence-electron chi connectivity index (χ3n) is 1.71. The summed E-state index contributed by atoms with van der Waals surface area (Å²) in [5.74, 6) is 0.461. The molecule has 0 radical (unpaired) electrons. The van der Waals surface area contributed by atoms with E-state index < -0.39 is 5.97 Å². The van der Waals surface area contributed by atoms with Crippen LogP contribution < -0.4 is 5.32 Å². The summed E-state index contributed by atoms with van der Waals surface area (Å²) in [5.41, 5.74) is 0. The maximum Gasteiger partial charge on any atom is 0.321 e. The number of carboxylic acid groups (broad SMARTS) is 1. The molecule has 1 rings (SSSR count). The zero-order chi connectivity index (χ0) is 8.43. The highest BCUT2D eigenvalue weighted by Gasteiger charge is 2.30. The molecule has 0 aromatic carbocycles. The number of carbonyl (C=O) groups is 1. The predicted molar refractivity (Wildman–Crippen MR) is 45.6 cm³/mol. The van der Waals surface area contributed by atoms with Crippen molar-refractivity contribution in [3.05, 3.63) is 0 Å². The first-order valence-electron chi connectivity index (χ1n) is 3.71. The van der Waals surface area contributed by atoms with Crippen LogP contribution in [0, 0.1) is 5.92 Å². The van der Waals surface area contributed by atoms with Crippen molar-refractivity contribution in [1.82, 2.24) is 5.32 Å². The summed E-state index contributed by atoms with van der Waals surface area (Å²) in [5, 5.41) is 12.0. The van der Waals surface area contributed by atoms with Gasteiger partial charge in [0.05, 0.1) is 5.37 Å². The van der Waals surface area contributed by atoms with Gasteiger partial charge in [-0.3, -0.25) is 10.1 Å². The first-order chi connectivity index (χ1) is 5.11. The molecule has 0 bridgehead atoms. The van der Waals surface area contributed by atoms with Crippen LogP contribution in [0.15, 0.2) is 0 Å². The summed E-state index contributed by atoms with van der Waals surface area (Å²) in [7, 11) is 0. The van der Waals surface area contributed by atoms with E-state index in [0.717, 1.165) is 0 Å². The summed E-state index contributed by atoms with van der Waals surface area (Å²) in [6, 6.07) is -0.340. The van der Waals surface area contributed by atoms with Gasteiger partial charge in [0.25, 0.3) is 0 Å². The van der Waals surface area contributed by atoms with E-state index in [1.165, 1.54) is 0 Å². The first-order valence-corrected chi connectivity index (χ1v) is 4.76. The van der Waals surface area contributed by atoms with Crippen molar-refractivity contribution in [1.29, 1.82) is 0 Å². The third kappa shape index (κ3) is 2.10. The van der Waals surface area contributed by atoms with Gasteiger partial charge in [-0.2, -0.15) is 0 Å². The largest absolute Gasteiger partial charge is 0.480 e. The molecule has 11 heavy (non-hydrogen) atoms. The molecule has 0 aliphatic carbocycles. The molecule has 0 saturated carbocycles. The van der Waals surface area contributed by atoms with Gasteiger partial charge in [0.1, 0.15) is 6.04 Å². The molecule has 0 spiro atoms. The summed E-state index contributed by atoms with van der Waals surface area (Å²) in [6.07, 6.45) is 0. The van der Waals surface area contributed by atoms with Crippen molar-refractivity contribution >= 4 is 17.7 Å². The summed E-state index contributed by atoms with van der Waals surface area (Å²) >= 11 is 1.69. The van der Waals surface area contributed by atoms with Crippen LogP contribution in [0.1, 0.15) is 13.8 Å². The average Bonchev–Trinajstić information content (AvgIpc) is 2.33. The Hall–Kier alpha value is -0.220. The molecule has 0 amide bonds. The monoisotopic (exact) mass is 175 g/mol. The van der Waals surface area contributed by atoms with E-state index in [2.05, 4.69) is 19.2 Å². The predicted octanol–water partition coefficient (Wildman–Crippen LogP) is 0.758. The van der Waals surface area contributed by atoms with Gasteiger partial charge in [-0.15, -0.1) is 11.8 Å². The van der Waals surface area contributed by atoms with E-state index in [-0.39, 0.29) is 6.04 Å². The SMILES string of the molecule is CC(C)C1N[C@H](C(=O)O)CS1. The second-order valence-corrected chi connectivity index (χ2v) is 4.23. The molecule has 1 aliphatic rings. The zero-order valence-electron chi connectivity index (χ0n) is 6.70. The first kappa shape index (κ1) is 8.87. The van der Waals surface area contributed by atoms with Crippen molar-refractivity contribution in [2.24, 2.45) is 5.92 Å². The Balaban J connectivity index is 2.41. The molecule has 1 fully saturated rings. The van der Waals surface area contributed by atoms with Gasteiger partial charge in [-0.1, -0.05) is 13.8 Å². The van der Waals surface area contributed by atoms with Crippen LogP contribution in [0.2, 0.25) is 0 Å². The fourth-order valence-electron chi connectivity index (χ4n) is 1.02. The van der Waals surface area contributed by atoms with Gasteiger partial charge >= 0.3 is 5.97 Å². The van der Waals surface area contributed by atoms with Crippen LogP contribution >= 0.6 is 11.8 Å². The quantitative estimate of drug-likeness (QED) is 0.650. The summed E-state index contributed by atoms with van der Waals surface area (Å²) in [6.45, 7) is 4.18. The number of nitrogens with one attached hydrogen (secondary N) is 1. The second kappa shape index (κ2) is 3.45. The van der Waals surface area contributed by atoms with E-state index in [1.807, 2.05) is 0 Å². The van der Waals surface area contributed by atoms with Crippen molar-refractivity contribution in [2.75, 3.05) is 5.75 Å². The molecule has 0 aromatic heterocycles. The van der Waals surface area contributed by atoms with Crippen LogP contribution in [0.4, 0.5) is 0 Å². The van der Waals surface area contributed by atoms with Crippen molar-refractivity contribution < 1.29 is 9.90 Å². The third-order valence-corrected chi connectivity index (χ3v) is 3.28. The van der Waals surface area contributed by atoms with E-state index in [1.54, 1.807) is 11.8 Å². The van der Waals surface area contributed by atoms with Crippen LogP contribution in [0.25, 0.3) is 0 Å². The lowest BCUT2D eigenvalue weighted by molar-refractivity contribution is -0.138. The normalized spacial score (nSPS) is 31.2. The smallest absolute Gasteiger partial charge is 0.321 e. The minimum atomic E-state index is -0.736. The fourth-order valence-corrected chi connectivity index (χ4v) is 2.31. The molecule has 1 saturated heterocycles. The Bertz CT molecular complexity index is 161. The van der Waals surface area contributed by atoms with Gasteiger partial charge in [0.2, 0.25) is 0 Å². The number of hydrogen-bond acceptors (Lipinski definition) is 3. The standard InChI is InChI=1S/C7H13NO2S/c1-4(2)6-8-5(3-11-6)7(9)10/h4-6,8H,3H2,1-2H3,(H,9,10)/t5-,6?/m0/s1. The van der Waals surface area contributed by atoms with Gasteiger partial charge < -0.3 is 5.11 Å². The molecule has 4 heteroatoms. The van der Waals surface area contributed by atoms with Crippen LogP contribution in [0.3, 0.4) is 0 Å². The Morgan fingerprint density at radius 3 is 2.64 bits per heavy atom. The van der Waals surface area contributed by atoms with Crippen LogP contribution in [0.5, 0.6) is 0 Å². The van der Waals surface area contributed by atoms with E-state index >= 15 is 0 Å². The van der Waals surface area contributed by atoms with E-state index in [9.17, 15) is 4.79 Å². The molecule has 1 aliphatic heterocycles. The van der Waals surface area contributed by atoms with E-state index in [4.69, 9.17) is 5.11 Å². The van der Waals surface area contributed by atoms with Crippen molar-refractivity contribution in [3.63, 3.8) is 0 Å². The minimum Gasteiger partial charge on any atom is -0.480 e. The highest BCUT2D eigenvalue weighted by atomic mass is 32.2. The topological polar surface area (TPSA) is 49.3 Å². The van der Waals surface area contributed by atoms with Gasteiger partial charge in [0, 0.05) is 5.75 Å². The van der Waals surface area contributed by atoms with Crippen LogP contribution in [-0.4, -0.2) is 28.2 Å². The zero-order valence-corrected chi connectivity index (χ0v) is 7.52. The molecule has 2 N–H and O–H groups in total. The number of aliphatic carboxylic acids is 1. The fraction of sp³-hybridized carbons (Fsp3) is 0.857. The highest BCUT2D eigenvalue weighted by molar-refractivity contribution is 8.00. The average molecular weight is 175 g/mol. The van der Waals surface area contributed by atoms with E-state index in [0.29, 0.717) is 17.0 Å². The Morgan fingerprint density at radius 1 is 1.73 bits per heavy atom. The maximum atomic E-state index is 10.5. The number of rotatable bonds is 2. The van der Waals surface area contributed by atoms with Gasteiger partial charge in [-0.25, -0.2) is 0 Å². The highest BCUT2D eigenvalue weighted by Crippen LogP contribution is 2.24. The number of thioether (sulfide) groups is 1. The Morgan fingerprint density at radius 2 is 2.36 bits per heavy atom. The lowest BCUT2D eigenvalue weighted by Gasteiger charge is -2.13. The molecule has 1 heterocycles. The minimum absolute atomic E-state index is 0.316. The lowest BCUT2D eigenvalue weighted by atomic mass is 10.2. The Labute approximate surface area is 70.6 Å². The second-order valence-electron chi connectivity index (χ2n) is 3.06. The molecular weight excluding hydrogens is 162 g/mol. The van der Waals surface area contributed by atoms with Crippen LogP contribution in [-0.2, 0) is 4.79 Å². The molecule has 3 nitrogen and oxygen atoms in total. The maximum absolute atomic E-state index is 10.5. The number of hydrogen-bond donors (Lipinski definition) is 2. The van der Waals surface area contributed by atoms with Gasteiger partial charge in [0.15, 0.2) is 0 Å². The van der Waals surface area contributed by atoms with Gasteiger partial charge in [-0.05, 0) is 5.92 Å². The molecular formula is C7H13NO2S. The lowest BCUT2D eigenvalue weighted by Crippen LogP contribution is -2.38. The summed E-state index contributed by atoms with van der Waals surface area (Å²) in [4.78, 5) is 10.5. The Kier molecular flexibility index (Phi) is 2.78. The summed E-state index contributed by atoms with van der Waals surface area (Å²) < 4.78 is 0. The molecule has 2 atom stereocenters. The molecule has 1 unspecified atom stereocenters. The molecule has 64 valence electrons. The molecule has 0 aromatic rings.